The van der Waals surface area contributed by atoms with Crippen molar-refractivity contribution in [3.8, 4) is 29.2 Å². The zero-order valence-corrected chi connectivity index (χ0v) is 25.7. The van der Waals surface area contributed by atoms with Crippen LogP contribution in [0.1, 0.15) is 51.9 Å². The van der Waals surface area contributed by atoms with E-state index >= 15 is 0 Å². The molecule has 0 aliphatic carbocycles. The lowest BCUT2D eigenvalue weighted by atomic mass is 10.00. The molecule has 0 spiro atoms. The predicted octanol–water partition coefficient (Wildman–Crippen LogP) is 5.95. The number of halogens is 1. The summed E-state index contributed by atoms with van der Waals surface area (Å²) in [7, 11) is 0. The number of non-ortho nitro benzene ring substituents is 1. The Labute approximate surface area is 259 Å². The average molecular weight is 621 g/mol. The Morgan fingerprint density at radius 1 is 1.29 bits per heavy atom. The van der Waals surface area contributed by atoms with Crippen molar-refractivity contribution in [2.45, 2.75) is 65.4 Å². The van der Waals surface area contributed by atoms with E-state index in [1.807, 2.05) is 0 Å². The number of cyclic esters (lactones) is 1. The fourth-order valence-electron chi connectivity index (χ4n) is 4.64. The van der Waals surface area contributed by atoms with Gasteiger partial charge in [0.1, 0.15) is 42.6 Å². The second-order valence-electron chi connectivity index (χ2n) is 11.3. The molecule has 2 aromatic heterocycles. The van der Waals surface area contributed by atoms with Crippen LogP contribution in [0.15, 0.2) is 42.7 Å². The summed E-state index contributed by atoms with van der Waals surface area (Å²) < 4.78 is 30.5. The molecule has 0 N–H and O–H groups in total. The van der Waals surface area contributed by atoms with E-state index in [1.54, 1.807) is 46.8 Å². The van der Waals surface area contributed by atoms with Gasteiger partial charge in [-0.1, -0.05) is 5.92 Å². The predicted molar refractivity (Wildman–Crippen MR) is 163 cm³/mol. The van der Waals surface area contributed by atoms with Crippen molar-refractivity contribution in [2.75, 3.05) is 23.0 Å². The second-order valence-corrected chi connectivity index (χ2v) is 11.3. The molecule has 3 atom stereocenters. The summed E-state index contributed by atoms with van der Waals surface area (Å²) in [6.07, 6.45) is 5.18. The van der Waals surface area contributed by atoms with Crippen LogP contribution in [-0.2, 0) is 9.47 Å². The van der Waals surface area contributed by atoms with Gasteiger partial charge in [-0.15, -0.1) is 6.42 Å². The maximum atomic E-state index is 14.3. The largest absolute Gasteiger partial charge is 0.481 e. The molecule has 0 saturated carbocycles. The van der Waals surface area contributed by atoms with Gasteiger partial charge in [0.15, 0.2) is 0 Å². The summed E-state index contributed by atoms with van der Waals surface area (Å²) in [6, 6.07) is 5.74. The number of nitro groups is 1. The number of alkyl halides is 1. The fourth-order valence-corrected chi connectivity index (χ4v) is 4.64. The van der Waals surface area contributed by atoms with Gasteiger partial charge < -0.3 is 14.2 Å². The Balaban J connectivity index is 1.75. The number of ether oxygens (including phenoxy) is 3. The smallest absolute Gasteiger partial charge is 0.417 e. The summed E-state index contributed by atoms with van der Waals surface area (Å²) in [5.74, 6) is 2.49. The number of carbonyl (C=O) groups is 2. The highest BCUT2D eigenvalue weighted by molar-refractivity contribution is 5.90. The molecular weight excluding hydrogens is 587 g/mol. The molecular formula is C31H33FN6O7. The lowest BCUT2D eigenvalue weighted by Gasteiger charge is -2.31. The molecule has 45 heavy (non-hydrogen) atoms. The zero-order valence-electron chi connectivity index (χ0n) is 25.7. The number of nitrogens with zero attached hydrogens (tertiary/aromatic N) is 6. The van der Waals surface area contributed by atoms with Crippen LogP contribution in [-0.4, -0.2) is 63.1 Å². The van der Waals surface area contributed by atoms with E-state index in [0.29, 0.717) is 22.4 Å². The number of amides is 2. The van der Waals surface area contributed by atoms with Crippen molar-refractivity contribution < 1.29 is 33.1 Å². The first-order valence-corrected chi connectivity index (χ1v) is 14.0. The summed E-state index contributed by atoms with van der Waals surface area (Å²) in [5, 5.41) is 11.6. The first-order valence-electron chi connectivity index (χ1n) is 14.0. The molecule has 0 radical (unpaired) electrons. The number of hydrogen-bond acceptors (Lipinski definition) is 10. The summed E-state index contributed by atoms with van der Waals surface area (Å²) in [6.45, 7) is 9.69. The van der Waals surface area contributed by atoms with Gasteiger partial charge in [0.25, 0.3) is 5.69 Å². The van der Waals surface area contributed by atoms with Crippen molar-refractivity contribution >= 4 is 29.6 Å². The number of aryl methyl sites for hydroxylation is 1. The SMILES string of the molecule is C#CCOc1cc(-c2cnc([C@H](C)N(C(=O)OC(C)(C)C)c3nccc(N4C(=O)OC[C@@H]4[C@H](C)F)n3)cc2C)cc([N+](=O)[O-])c1. The fraction of sp³-hybridized carbons (Fsp3) is 0.387. The van der Waals surface area contributed by atoms with Crippen molar-refractivity contribution in [1.82, 2.24) is 15.0 Å². The van der Waals surface area contributed by atoms with E-state index in [9.17, 15) is 24.1 Å². The first-order chi connectivity index (χ1) is 21.2. The third kappa shape index (κ3) is 7.43. The number of benzene rings is 1. The monoisotopic (exact) mass is 620 g/mol. The Morgan fingerprint density at radius 3 is 2.64 bits per heavy atom. The lowest BCUT2D eigenvalue weighted by Crippen LogP contribution is -2.41. The van der Waals surface area contributed by atoms with Gasteiger partial charge in [-0.2, -0.15) is 4.98 Å². The number of terminal acetylenes is 1. The first kappa shape index (κ1) is 32.6. The number of aromatic nitrogens is 3. The van der Waals surface area contributed by atoms with Gasteiger partial charge in [-0.3, -0.25) is 20.0 Å². The van der Waals surface area contributed by atoms with Gasteiger partial charge in [0.05, 0.1) is 22.7 Å². The van der Waals surface area contributed by atoms with Crippen LogP contribution in [0.4, 0.5) is 31.4 Å². The van der Waals surface area contributed by atoms with Gasteiger partial charge >= 0.3 is 12.2 Å². The Bertz CT molecular complexity index is 1650. The number of anilines is 2. The van der Waals surface area contributed by atoms with Crippen LogP contribution in [0.25, 0.3) is 11.1 Å². The van der Waals surface area contributed by atoms with Gasteiger partial charge in [0, 0.05) is 24.0 Å². The molecule has 236 valence electrons. The highest BCUT2D eigenvalue weighted by atomic mass is 19.1. The van der Waals surface area contributed by atoms with Gasteiger partial charge in [-0.25, -0.2) is 23.9 Å². The van der Waals surface area contributed by atoms with Crippen molar-refractivity contribution in [1.29, 1.82) is 0 Å². The number of nitro benzene ring substituents is 1. The molecule has 1 saturated heterocycles. The summed E-state index contributed by atoms with van der Waals surface area (Å²) >= 11 is 0. The average Bonchev–Trinajstić information content (AvgIpc) is 3.36. The minimum atomic E-state index is -1.41. The summed E-state index contributed by atoms with van der Waals surface area (Å²) in [4.78, 5) is 52.7. The van der Waals surface area contributed by atoms with E-state index < -0.39 is 41.0 Å². The van der Waals surface area contributed by atoms with E-state index in [-0.39, 0.29) is 36.4 Å². The lowest BCUT2D eigenvalue weighted by molar-refractivity contribution is -0.384. The molecule has 1 fully saturated rings. The van der Waals surface area contributed by atoms with Crippen LogP contribution in [0.3, 0.4) is 0 Å². The molecule has 1 aliphatic rings. The standard InChI is InChI=1S/C31H33FN6O7/c1-8-11-43-23-14-21(13-22(15-23)38(41)42)24-16-34-25(12-18(24)2)20(4)36(30(40)45-31(5,6)7)28-33-10-9-27(35-28)37-26(19(3)32)17-44-29(37)39/h1,9-10,12-16,19-20,26H,11,17H2,2-7H3/t19-,20-,26+/m0/s1. The van der Waals surface area contributed by atoms with Crippen molar-refractivity contribution in [3.63, 3.8) is 0 Å². The number of rotatable bonds is 9. The highest BCUT2D eigenvalue weighted by Crippen LogP contribution is 2.34. The highest BCUT2D eigenvalue weighted by Gasteiger charge is 2.40. The molecule has 1 aromatic carbocycles. The van der Waals surface area contributed by atoms with E-state index in [2.05, 4.69) is 20.9 Å². The topological polar surface area (TPSA) is 150 Å². The number of hydrogen-bond donors (Lipinski definition) is 0. The normalized spacial score (nSPS) is 15.9. The quantitative estimate of drug-likeness (QED) is 0.159. The van der Waals surface area contributed by atoms with E-state index in [0.717, 1.165) is 4.90 Å². The van der Waals surface area contributed by atoms with Gasteiger partial charge in [-0.05, 0) is 70.9 Å². The molecule has 13 nitrogen and oxygen atoms in total. The number of carbonyl (C=O) groups excluding carboxylic acids is 2. The summed E-state index contributed by atoms with van der Waals surface area (Å²) in [5.41, 5.74) is 1.11. The van der Waals surface area contributed by atoms with Crippen LogP contribution < -0.4 is 14.5 Å². The minimum Gasteiger partial charge on any atom is -0.481 e. The molecule has 2 amide bonds. The molecule has 0 unspecified atom stereocenters. The molecule has 3 heterocycles. The van der Waals surface area contributed by atoms with E-state index in [4.69, 9.17) is 20.6 Å². The van der Waals surface area contributed by atoms with E-state index in [1.165, 1.54) is 42.4 Å². The third-order valence-electron chi connectivity index (χ3n) is 6.80. The molecule has 4 rings (SSSR count). The van der Waals surface area contributed by atoms with Crippen molar-refractivity contribution in [2.24, 2.45) is 0 Å². The maximum absolute atomic E-state index is 14.3. The van der Waals surface area contributed by atoms with Crippen molar-refractivity contribution in [3.05, 3.63) is 64.1 Å². The zero-order chi connectivity index (χ0) is 33.1. The number of pyridine rings is 1. The Hall–Kier alpha value is -5.32. The second kappa shape index (κ2) is 13.1. The van der Waals surface area contributed by atoms with Crippen LogP contribution in [0.2, 0.25) is 0 Å². The van der Waals surface area contributed by atoms with Crippen LogP contribution in [0, 0.1) is 29.4 Å². The molecule has 0 bridgehead atoms. The minimum absolute atomic E-state index is 0.0470. The maximum Gasteiger partial charge on any atom is 0.417 e. The molecule has 3 aromatic rings. The Kier molecular flexibility index (Phi) is 9.51. The van der Waals surface area contributed by atoms with Crippen LogP contribution >= 0.6 is 0 Å². The molecule has 1 aliphatic heterocycles. The van der Waals surface area contributed by atoms with Gasteiger partial charge in [0.2, 0.25) is 5.95 Å². The molecule has 14 heteroatoms. The van der Waals surface area contributed by atoms with Crippen LogP contribution in [0.5, 0.6) is 5.75 Å². The Morgan fingerprint density at radius 2 is 2.02 bits per heavy atom. The third-order valence-corrected chi connectivity index (χ3v) is 6.80.